The summed E-state index contributed by atoms with van der Waals surface area (Å²) in [4.78, 5) is 22.9. The fraction of sp³-hybridized carbons (Fsp3) is 0. The molecule has 0 aromatic carbocycles. The minimum Gasteiger partial charge on any atom is -0.292 e. The molecule has 0 saturated heterocycles. The molecule has 0 spiro atoms. The lowest BCUT2D eigenvalue weighted by molar-refractivity contribution is 0.835. The number of aromatic nitrogens is 4. The third-order valence-corrected chi connectivity index (χ3v) is 2.09. The van der Waals surface area contributed by atoms with Crippen LogP contribution in [0.1, 0.15) is 0 Å². The van der Waals surface area contributed by atoms with Gasteiger partial charge in [-0.1, -0.05) is 11.6 Å². The van der Waals surface area contributed by atoms with Gasteiger partial charge in [-0.15, -0.1) is 0 Å². The molecule has 7 nitrogen and oxygen atoms in total. The molecule has 2 aromatic rings. The Morgan fingerprint density at radius 1 is 1.44 bits per heavy atom. The number of nitrogens with zero attached hydrogens (tertiary/aromatic N) is 4. The zero-order valence-corrected chi connectivity index (χ0v) is 8.72. The van der Waals surface area contributed by atoms with Crippen molar-refractivity contribution in [1.29, 1.82) is 0 Å². The maximum absolute atomic E-state index is 11.6. The van der Waals surface area contributed by atoms with Gasteiger partial charge in [0.25, 0.3) is 0 Å². The smallest absolute Gasteiger partial charge is 0.292 e. The van der Waals surface area contributed by atoms with E-state index in [4.69, 9.17) is 17.4 Å². The Labute approximate surface area is 94.9 Å². The summed E-state index contributed by atoms with van der Waals surface area (Å²) in [6.07, 6.45) is 2.77. The van der Waals surface area contributed by atoms with E-state index < -0.39 is 5.69 Å². The van der Waals surface area contributed by atoms with Gasteiger partial charge in [-0.3, -0.25) is 5.43 Å². The van der Waals surface area contributed by atoms with E-state index in [9.17, 15) is 4.79 Å². The van der Waals surface area contributed by atoms with Crippen molar-refractivity contribution < 1.29 is 0 Å². The number of hydrogen-bond acceptors (Lipinski definition) is 6. The summed E-state index contributed by atoms with van der Waals surface area (Å²) in [6, 6.07) is 3.28. The van der Waals surface area contributed by atoms with Gasteiger partial charge < -0.3 is 0 Å². The number of hydrogen-bond donors (Lipinski definition) is 2. The second-order valence-electron chi connectivity index (χ2n) is 2.79. The Kier molecular flexibility index (Phi) is 2.80. The number of nitrogens with one attached hydrogen (secondary N) is 1. The number of rotatable bonds is 2. The molecule has 0 aliphatic carbocycles. The Hall–Kier alpha value is -1.99. The van der Waals surface area contributed by atoms with Crippen LogP contribution in [0.15, 0.2) is 29.5 Å². The molecule has 16 heavy (non-hydrogen) atoms. The van der Waals surface area contributed by atoms with Crippen molar-refractivity contribution in [3.05, 3.63) is 40.2 Å². The number of anilines is 1. The van der Waals surface area contributed by atoms with Crippen molar-refractivity contribution in [3.8, 4) is 5.82 Å². The van der Waals surface area contributed by atoms with Crippen LogP contribution in [0, 0.1) is 0 Å². The SMILES string of the molecule is NNc1ncn(-c2ncccc2Cl)c(=O)n1. The highest BCUT2D eigenvalue weighted by atomic mass is 35.5. The molecule has 82 valence electrons. The standard InChI is InChI=1S/C8H7ClN6O/c9-5-2-1-3-11-6(5)15-4-12-7(14-10)13-8(15)16/h1-4H,10H2,(H,13,14,16). The van der Waals surface area contributed by atoms with Crippen LogP contribution >= 0.6 is 11.6 Å². The van der Waals surface area contributed by atoms with Crippen LogP contribution in [0.2, 0.25) is 5.02 Å². The second kappa shape index (κ2) is 4.25. The Morgan fingerprint density at radius 3 is 2.88 bits per heavy atom. The molecular weight excluding hydrogens is 232 g/mol. The second-order valence-corrected chi connectivity index (χ2v) is 3.19. The Bertz CT molecular complexity index is 568. The van der Waals surface area contributed by atoms with Crippen LogP contribution in [0.25, 0.3) is 5.82 Å². The van der Waals surface area contributed by atoms with Gasteiger partial charge in [0.2, 0.25) is 5.95 Å². The maximum Gasteiger partial charge on any atom is 0.357 e. The predicted octanol–water partition coefficient (Wildman–Crippen LogP) is -0.0385. The Balaban J connectivity index is 2.58. The average Bonchev–Trinajstić information content (AvgIpc) is 2.30. The van der Waals surface area contributed by atoms with E-state index in [0.29, 0.717) is 5.02 Å². The van der Waals surface area contributed by atoms with Gasteiger partial charge in [0.15, 0.2) is 5.82 Å². The third kappa shape index (κ3) is 1.86. The summed E-state index contributed by atoms with van der Waals surface area (Å²) in [7, 11) is 0. The first kappa shape index (κ1) is 10.5. The van der Waals surface area contributed by atoms with Gasteiger partial charge in [0.1, 0.15) is 6.33 Å². The van der Waals surface area contributed by atoms with Crippen LogP contribution in [-0.2, 0) is 0 Å². The van der Waals surface area contributed by atoms with Crippen LogP contribution in [0.3, 0.4) is 0 Å². The molecule has 0 unspecified atom stereocenters. The van der Waals surface area contributed by atoms with Gasteiger partial charge in [-0.2, -0.15) is 4.98 Å². The van der Waals surface area contributed by atoms with Crippen LogP contribution in [0.5, 0.6) is 0 Å². The first-order valence-corrected chi connectivity index (χ1v) is 4.63. The lowest BCUT2D eigenvalue weighted by atomic mass is 10.4. The quantitative estimate of drug-likeness (QED) is 0.563. The molecular formula is C8H7ClN6O. The highest BCUT2D eigenvalue weighted by Crippen LogP contribution is 2.14. The van der Waals surface area contributed by atoms with Crippen molar-refractivity contribution in [3.63, 3.8) is 0 Å². The highest BCUT2D eigenvalue weighted by Gasteiger charge is 2.07. The van der Waals surface area contributed by atoms with E-state index in [-0.39, 0.29) is 11.8 Å². The van der Waals surface area contributed by atoms with E-state index in [2.05, 4.69) is 20.4 Å². The fourth-order valence-electron chi connectivity index (χ4n) is 1.10. The van der Waals surface area contributed by atoms with E-state index in [1.165, 1.54) is 12.5 Å². The first-order chi connectivity index (χ1) is 7.72. The van der Waals surface area contributed by atoms with E-state index in [1.54, 1.807) is 12.1 Å². The molecule has 0 radical (unpaired) electrons. The third-order valence-electron chi connectivity index (χ3n) is 1.80. The molecule has 2 rings (SSSR count). The predicted molar refractivity (Wildman–Crippen MR) is 58.2 cm³/mol. The molecule has 0 atom stereocenters. The fourth-order valence-corrected chi connectivity index (χ4v) is 1.32. The highest BCUT2D eigenvalue weighted by molar-refractivity contribution is 6.32. The van der Waals surface area contributed by atoms with Gasteiger partial charge >= 0.3 is 5.69 Å². The molecule has 0 saturated carbocycles. The molecule has 0 fully saturated rings. The zero-order valence-electron chi connectivity index (χ0n) is 7.96. The van der Waals surface area contributed by atoms with Crippen LogP contribution in [-0.4, -0.2) is 19.5 Å². The van der Waals surface area contributed by atoms with Gasteiger partial charge in [-0.25, -0.2) is 25.2 Å². The van der Waals surface area contributed by atoms with E-state index >= 15 is 0 Å². The number of nitrogen functional groups attached to an aromatic ring is 1. The minimum atomic E-state index is -0.566. The molecule has 2 aromatic heterocycles. The van der Waals surface area contributed by atoms with E-state index in [1.807, 2.05) is 0 Å². The van der Waals surface area contributed by atoms with Crippen molar-refractivity contribution in [2.45, 2.75) is 0 Å². The Morgan fingerprint density at radius 2 is 2.25 bits per heavy atom. The molecule has 2 heterocycles. The van der Waals surface area contributed by atoms with Crippen molar-refractivity contribution >= 4 is 17.5 Å². The molecule has 8 heteroatoms. The summed E-state index contributed by atoms with van der Waals surface area (Å²) >= 11 is 5.89. The number of hydrazine groups is 1. The number of halogens is 1. The van der Waals surface area contributed by atoms with Crippen molar-refractivity contribution in [2.75, 3.05) is 5.43 Å². The summed E-state index contributed by atoms with van der Waals surface area (Å²) in [5.74, 6) is 5.38. The summed E-state index contributed by atoms with van der Waals surface area (Å²) in [5, 5.41) is 0.335. The van der Waals surface area contributed by atoms with Crippen LogP contribution in [0.4, 0.5) is 5.95 Å². The number of nitrogens with two attached hydrogens (primary N) is 1. The molecule has 0 amide bonds. The minimum absolute atomic E-state index is 0.0355. The van der Waals surface area contributed by atoms with E-state index in [0.717, 1.165) is 4.57 Å². The summed E-state index contributed by atoms with van der Waals surface area (Å²) in [6.45, 7) is 0. The molecule has 0 aliphatic heterocycles. The lowest BCUT2D eigenvalue weighted by Crippen LogP contribution is -2.25. The zero-order chi connectivity index (χ0) is 11.5. The van der Waals surface area contributed by atoms with Crippen LogP contribution < -0.4 is 17.0 Å². The average molecular weight is 239 g/mol. The first-order valence-electron chi connectivity index (χ1n) is 4.25. The van der Waals surface area contributed by atoms with Crippen molar-refractivity contribution in [1.82, 2.24) is 19.5 Å². The summed E-state index contributed by atoms with van der Waals surface area (Å²) in [5.41, 5.74) is 1.61. The molecule has 0 aliphatic rings. The van der Waals surface area contributed by atoms with Gasteiger partial charge in [0.05, 0.1) is 5.02 Å². The van der Waals surface area contributed by atoms with Crippen molar-refractivity contribution in [2.24, 2.45) is 5.84 Å². The molecule has 0 bridgehead atoms. The maximum atomic E-state index is 11.6. The lowest BCUT2D eigenvalue weighted by Gasteiger charge is -2.05. The van der Waals surface area contributed by atoms with Gasteiger partial charge in [-0.05, 0) is 12.1 Å². The van der Waals surface area contributed by atoms with Gasteiger partial charge in [0, 0.05) is 6.20 Å². The topological polar surface area (TPSA) is 98.7 Å². The normalized spacial score (nSPS) is 10.1. The number of pyridine rings is 1. The molecule has 3 N–H and O–H groups in total. The summed E-state index contributed by atoms with van der Waals surface area (Å²) < 4.78 is 1.13. The monoisotopic (exact) mass is 238 g/mol. The largest absolute Gasteiger partial charge is 0.357 e.